The van der Waals surface area contributed by atoms with Crippen LogP contribution in [0.5, 0.6) is 0 Å². The summed E-state index contributed by atoms with van der Waals surface area (Å²) < 4.78 is 0. The number of nitrogens with zero attached hydrogens (tertiary/aromatic N) is 1. The molecule has 1 aliphatic heterocycles. The van der Waals surface area contributed by atoms with Crippen molar-refractivity contribution < 1.29 is 5.11 Å². The molecule has 1 aromatic rings. The third-order valence-electron chi connectivity index (χ3n) is 4.37. The van der Waals surface area contributed by atoms with Gasteiger partial charge in [0, 0.05) is 25.7 Å². The van der Waals surface area contributed by atoms with Gasteiger partial charge in [-0.15, -0.1) is 0 Å². The molecule has 3 nitrogen and oxygen atoms in total. The highest BCUT2D eigenvalue weighted by Crippen LogP contribution is 2.13. The molecule has 0 saturated carbocycles. The van der Waals surface area contributed by atoms with Gasteiger partial charge in [0.25, 0.3) is 0 Å². The van der Waals surface area contributed by atoms with Crippen LogP contribution in [0.1, 0.15) is 32.3 Å². The first-order chi connectivity index (χ1) is 9.59. The van der Waals surface area contributed by atoms with E-state index in [1.807, 2.05) is 13.8 Å². The zero-order valence-corrected chi connectivity index (χ0v) is 12.8. The van der Waals surface area contributed by atoms with Gasteiger partial charge in [-0.25, -0.2) is 0 Å². The van der Waals surface area contributed by atoms with E-state index in [-0.39, 0.29) is 0 Å². The maximum absolute atomic E-state index is 10.0. The largest absolute Gasteiger partial charge is 0.389 e. The first-order valence-electron chi connectivity index (χ1n) is 7.81. The van der Waals surface area contributed by atoms with E-state index in [1.54, 1.807) is 0 Å². The van der Waals surface area contributed by atoms with Crippen LogP contribution < -0.4 is 5.32 Å². The van der Waals surface area contributed by atoms with Crippen molar-refractivity contribution in [1.29, 1.82) is 0 Å². The van der Waals surface area contributed by atoms with Gasteiger partial charge < -0.3 is 15.3 Å². The van der Waals surface area contributed by atoms with E-state index in [9.17, 15) is 5.11 Å². The molecular weight excluding hydrogens is 248 g/mol. The predicted octanol–water partition coefficient (Wildman–Crippen LogP) is 2.05. The molecule has 1 saturated heterocycles. The van der Waals surface area contributed by atoms with Gasteiger partial charge in [-0.1, -0.05) is 37.3 Å². The standard InChI is InChI=1S/C17H28N2O/c1-3-17(2,20)14-18-16-10-12-19(13-16)11-9-15-7-5-4-6-8-15/h4-8,16,18,20H,3,9-14H2,1-2H3. The average Bonchev–Trinajstić information content (AvgIpc) is 2.92. The smallest absolute Gasteiger partial charge is 0.0741 e. The van der Waals surface area contributed by atoms with Crippen molar-refractivity contribution >= 4 is 0 Å². The van der Waals surface area contributed by atoms with Crippen molar-refractivity contribution in [3.8, 4) is 0 Å². The van der Waals surface area contributed by atoms with Gasteiger partial charge in [0.15, 0.2) is 0 Å². The molecule has 2 rings (SSSR count). The summed E-state index contributed by atoms with van der Waals surface area (Å²) in [6, 6.07) is 11.2. The molecule has 2 N–H and O–H groups in total. The monoisotopic (exact) mass is 276 g/mol. The fraction of sp³-hybridized carbons (Fsp3) is 0.647. The minimum Gasteiger partial charge on any atom is -0.389 e. The second-order valence-corrected chi connectivity index (χ2v) is 6.25. The minimum atomic E-state index is -0.572. The minimum absolute atomic E-state index is 0.531. The molecule has 2 unspecified atom stereocenters. The first kappa shape index (κ1) is 15.5. The summed E-state index contributed by atoms with van der Waals surface area (Å²) in [6.07, 6.45) is 3.11. The summed E-state index contributed by atoms with van der Waals surface area (Å²) in [5.41, 5.74) is 0.843. The lowest BCUT2D eigenvalue weighted by atomic mass is 10.0. The molecule has 0 spiro atoms. The Morgan fingerprint density at radius 3 is 2.80 bits per heavy atom. The molecule has 20 heavy (non-hydrogen) atoms. The molecule has 3 heteroatoms. The van der Waals surface area contributed by atoms with Gasteiger partial charge in [0.2, 0.25) is 0 Å². The van der Waals surface area contributed by atoms with Crippen molar-refractivity contribution in [1.82, 2.24) is 10.2 Å². The van der Waals surface area contributed by atoms with Crippen molar-refractivity contribution in [3.05, 3.63) is 35.9 Å². The highest BCUT2D eigenvalue weighted by atomic mass is 16.3. The Labute approximate surface area is 123 Å². The van der Waals surface area contributed by atoms with Gasteiger partial charge >= 0.3 is 0 Å². The van der Waals surface area contributed by atoms with E-state index >= 15 is 0 Å². The molecule has 112 valence electrons. The molecule has 1 aliphatic rings. The third kappa shape index (κ3) is 4.89. The molecule has 0 aliphatic carbocycles. The number of rotatable bonds is 7. The molecule has 0 bridgehead atoms. The highest BCUT2D eigenvalue weighted by Gasteiger charge is 2.24. The number of nitrogens with one attached hydrogen (secondary N) is 1. The summed E-state index contributed by atoms with van der Waals surface area (Å²) in [5, 5.41) is 13.5. The maximum Gasteiger partial charge on any atom is 0.0741 e. The SMILES string of the molecule is CCC(C)(O)CNC1CCN(CCc2ccccc2)C1. The molecule has 1 fully saturated rings. The van der Waals surface area contributed by atoms with Crippen LogP contribution in [0, 0.1) is 0 Å². The first-order valence-corrected chi connectivity index (χ1v) is 7.81. The lowest BCUT2D eigenvalue weighted by Crippen LogP contribution is -2.43. The summed E-state index contributed by atoms with van der Waals surface area (Å²) in [5.74, 6) is 0. The normalized spacial score (nSPS) is 22.9. The number of benzene rings is 1. The van der Waals surface area contributed by atoms with Crippen molar-refractivity contribution in [3.63, 3.8) is 0 Å². The Bertz CT molecular complexity index is 391. The van der Waals surface area contributed by atoms with Crippen LogP contribution in [0.25, 0.3) is 0 Å². The van der Waals surface area contributed by atoms with Gasteiger partial charge in [-0.05, 0) is 38.3 Å². The molecule has 0 aromatic heterocycles. The summed E-state index contributed by atoms with van der Waals surface area (Å²) in [4.78, 5) is 2.52. The van der Waals surface area contributed by atoms with E-state index in [2.05, 4.69) is 40.5 Å². The number of hydrogen-bond acceptors (Lipinski definition) is 3. The van der Waals surface area contributed by atoms with E-state index < -0.39 is 5.60 Å². The van der Waals surface area contributed by atoms with Crippen LogP contribution in [-0.4, -0.2) is 47.8 Å². The van der Waals surface area contributed by atoms with Gasteiger partial charge in [0.1, 0.15) is 0 Å². The lowest BCUT2D eigenvalue weighted by Gasteiger charge is -2.24. The number of hydrogen-bond donors (Lipinski definition) is 2. The Morgan fingerprint density at radius 1 is 1.35 bits per heavy atom. The Balaban J connectivity index is 1.68. The summed E-state index contributed by atoms with van der Waals surface area (Å²) in [6.45, 7) is 8.03. The number of aliphatic hydroxyl groups is 1. The van der Waals surface area contributed by atoms with E-state index in [4.69, 9.17) is 0 Å². The second-order valence-electron chi connectivity index (χ2n) is 6.25. The quantitative estimate of drug-likeness (QED) is 0.800. The molecule has 1 heterocycles. The Morgan fingerprint density at radius 2 is 2.10 bits per heavy atom. The zero-order chi connectivity index (χ0) is 14.4. The van der Waals surface area contributed by atoms with Crippen LogP contribution in [0.4, 0.5) is 0 Å². The summed E-state index contributed by atoms with van der Waals surface area (Å²) >= 11 is 0. The summed E-state index contributed by atoms with van der Waals surface area (Å²) in [7, 11) is 0. The van der Waals surface area contributed by atoms with E-state index in [0.717, 1.165) is 25.9 Å². The van der Waals surface area contributed by atoms with Crippen molar-refractivity contribution in [2.45, 2.75) is 44.8 Å². The van der Waals surface area contributed by atoms with Crippen LogP contribution >= 0.6 is 0 Å². The molecule has 1 aromatic carbocycles. The van der Waals surface area contributed by atoms with Crippen LogP contribution in [0.2, 0.25) is 0 Å². The molecule has 2 atom stereocenters. The lowest BCUT2D eigenvalue weighted by molar-refractivity contribution is 0.0531. The Hall–Kier alpha value is -0.900. The molecular formula is C17H28N2O. The van der Waals surface area contributed by atoms with Gasteiger partial charge in [-0.2, -0.15) is 0 Å². The van der Waals surface area contributed by atoms with E-state index in [0.29, 0.717) is 12.6 Å². The van der Waals surface area contributed by atoms with E-state index in [1.165, 1.54) is 18.5 Å². The van der Waals surface area contributed by atoms with Crippen LogP contribution in [0.15, 0.2) is 30.3 Å². The molecule has 0 radical (unpaired) electrons. The van der Waals surface area contributed by atoms with Gasteiger partial charge in [-0.3, -0.25) is 0 Å². The van der Waals surface area contributed by atoms with Crippen molar-refractivity contribution in [2.24, 2.45) is 0 Å². The number of likely N-dealkylation sites (tertiary alicyclic amines) is 1. The fourth-order valence-corrected chi connectivity index (χ4v) is 2.62. The van der Waals surface area contributed by atoms with Gasteiger partial charge in [0.05, 0.1) is 5.60 Å². The predicted molar refractivity (Wildman–Crippen MR) is 83.9 cm³/mol. The van der Waals surface area contributed by atoms with Crippen molar-refractivity contribution in [2.75, 3.05) is 26.2 Å². The van der Waals surface area contributed by atoms with Crippen LogP contribution in [-0.2, 0) is 6.42 Å². The second kappa shape index (κ2) is 7.21. The zero-order valence-electron chi connectivity index (χ0n) is 12.8. The van der Waals surface area contributed by atoms with Crippen LogP contribution in [0.3, 0.4) is 0 Å². The topological polar surface area (TPSA) is 35.5 Å². The fourth-order valence-electron chi connectivity index (χ4n) is 2.62. The maximum atomic E-state index is 10.0. The Kier molecular flexibility index (Phi) is 5.58. The highest BCUT2D eigenvalue weighted by molar-refractivity contribution is 5.14. The average molecular weight is 276 g/mol. The third-order valence-corrected chi connectivity index (χ3v) is 4.37. The molecule has 0 amide bonds.